The number of benzene rings is 1. The zero-order valence-corrected chi connectivity index (χ0v) is 11.0. The molecule has 9 nitrogen and oxygen atoms in total. The number of aryl methyl sites for hydroxylation is 1. The van der Waals surface area contributed by atoms with Gasteiger partial charge in [-0.3, -0.25) is 20.3 Å². The second-order valence-corrected chi connectivity index (χ2v) is 4.17. The van der Waals surface area contributed by atoms with E-state index in [9.17, 15) is 14.9 Å². The number of amides is 1. The van der Waals surface area contributed by atoms with Crippen LogP contribution >= 0.6 is 0 Å². The van der Waals surface area contributed by atoms with Crippen molar-refractivity contribution in [3.8, 4) is 11.3 Å². The molecule has 0 fully saturated rings. The predicted molar refractivity (Wildman–Crippen MR) is 74.9 cm³/mol. The first-order chi connectivity index (χ1) is 9.93. The molecule has 2 aromatic rings. The van der Waals surface area contributed by atoms with Crippen molar-refractivity contribution < 1.29 is 9.72 Å². The lowest BCUT2D eigenvalue weighted by Gasteiger charge is -2.10. The topological polar surface area (TPSA) is 150 Å². The van der Waals surface area contributed by atoms with Gasteiger partial charge in [0, 0.05) is 17.7 Å². The van der Waals surface area contributed by atoms with Crippen LogP contribution in [0.2, 0.25) is 0 Å². The van der Waals surface area contributed by atoms with Crippen LogP contribution in [-0.4, -0.2) is 20.8 Å². The molecular weight excluding hydrogens is 276 g/mol. The number of hydrazine groups is 1. The van der Waals surface area contributed by atoms with E-state index in [4.69, 9.17) is 11.6 Å². The SMILES string of the molecule is Cc1nc(N)nc(-c2ccc([N+](=O)[O-])cc2)c1C(=O)NN. The van der Waals surface area contributed by atoms with Gasteiger partial charge in [0.25, 0.3) is 11.6 Å². The summed E-state index contributed by atoms with van der Waals surface area (Å²) >= 11 is 0. The Morgan fingerprint density at radius 2 is 1.90 bits per heavy atom. The van der Waals surface area contributed by atoms with E-state index in [0.29, 0.717) is 11.3 Å². The molecule has 9 heteroatoms. The number of hydrogen-bond acceptors (Lipinski definition) is 7. The van der Waals surface area contributed by atoms with Gasteiger partial charge in [0.05, 0.1) is 21.9 Å². The van der Waals surface area contributed by atoms with Gasteiger partial charge in [0.15, 0.2) is 0 Å². The molecule has 0 aliphatic carbocycles. The van der Waals surface area contributed by atoms with E-state index < -0.39 is 10.8 Å². The first-order valence-corrected chi connectivity index (χ1v) is 5.84. The molecule has 0 saturated heterocycles. The number of carbonyl (C=O) groups excluding carboxylic acids is 1. The van der Waals surface area contributed by atoms with Crippen molar-refractivity contribution in [2.24, 2.45) is 5.84 Å². The van der Waals surface area contributed by atoms with Gasteiger partial charge in [-0.2, -0.15) is 0 Å². The third kappa shape index (κ3) is 2.77. The quantitative estimate of drug-likeness (QED) is 0.323. The number of nitrogens with one attached hydrogen (secondary N) is 1. The van der Waals surface area contributed by atoms with Crippen molar-refractivity contribution in [3.05, 3.63) is 45.6 Å². The lowest BCUT2D eigenvalue weighted by atomic mass is 10.0. The summed E-state index contributed by atoms with van der Waals surface area (Å²) in [5.41, 5.74) is 8.82. The Hall–Kier alpha value is -3.07. The van der Waals surface area contributed by atoms with Crippen molar-refractivity contribution in [1.29, 1.82) is 0 Å². The van der Waals surface area contributed by atoms with Gasteiger partial charge in [-0.15, -0.1) is 0 Å². The fourth-order valence-electron chi connectivity index (χ4n) is 1.89. The second-order valence-electron chi connectivity index (χ2n) is 4.17. The van der Waals surface area contributed by atoms with Crippen LogP contribution in [0, 0.1) is 17.0 Å². The number of nitrogens with zero attached hydrogens (tertiary/aromatic N) is 3. The summed E-state index contributed by atoms with van der Waals surface area (Å²) in [6.07, 6.45) is 0. The van der Waals surface area contributed by atoms with Crippen LogP contribution in [0.25, 0.3) is 11.3 Å². The van der Waals surface area contributed by atoms with Crippen LogP contribution in [0.15, 0.2) is 24.3 Å². The van der Waals surface area contributed by atoms with Crippen molar-refractivity contribution in [2.45, 2.75) is 6.92 Å². The number of nitro groups is 1. The van der Waals surface area contributed by atoms with Crippen LogP contribution in [0.1, 0.15) is 16.1 Å². The molecule has 108 valence electrons. The van der Waals surface area contributed by atoms with Crippen LogP contribution in [-0.2, 0) is 0 Å². The molecule has 0 atom stereocenters. The molecule has 1 aromatic heterocycles. The fraction of sp³-hybridized carbons (Fsp3) is 0.0833. The highest BCUT2D eigenvalue weighted by molar-refractivity contribution is 6.00. The van der Waals surface area contributed by atoms with E-state index in [-0.39, 0.29) is 22.9 Å². The lowest BCUT2D eigenvalue weighted by molar-refractivity contribution is -0.384. The fourth-order valence-corrected chi connectivity index (χ4v) is 1.89. The average Bonchev–Trinajstić information content (AvgIpc) is 2.45. The molecule has 0 radical (unpaired) electrons. The Bertz CT molecular complexity index is 714. The van der Waals surface area contributed by atoms with E-state index >= 15 is 0 Å². The predicted octanol–water partition coefficient (Wildman–Crippen LogP) is 0.546. The van der Waals surface area contributed by atoms with E-state index in [1.165, 1.54) is 24.3 Å². The maximum absolute atomic E-state index is 11.8. The monoisotopic (exact) mass is 288 g/mol. The number of nitro benzene ring substituents is 1. The minimum Gasteiger partial charge on any atom is -0.368 e. The summed E-state index contributed by atoms with van der Waals surface area (Å²) in [6, 6.07) is 5.58. The third-order valence-corrected chi connectivity index (χ3v) is 2.82. The highest BCUT2D eigenvalue weighted by atomic mass is 16.6. The average molecular weight is 288 g/mol. The van der Waals surface area contributed by atoms with Crippen molar-refractivity contribution in [1.82, 2.24) is 15.4 Å². The molecular formula is C12H12N6O3. The van der Waals surface area contributed by atoms with E-state index in [0.717, 1.165) is 0 Å². The maximum atomic E-state index is 11.8. The molecule has 0 saturated carbocycles. The number of aromatic nitrogens is 2. The number of hydrogen-bond donors (Lipinski definition) is 3. The zero-order chi connectivity index (χ0) is 15.6. The van der Waals surface area contributed by atoms with Gasteiger partial charge in [-0.05, 0) is 19.1 Å². The Balaban J connectivity index is 2.61. The summed E-state index contributed by atoms with van der Waals surface area (Å²) in [4.78, 5) is 29.9. The van der Waals surface area contributed by atoms with Gasteiger partial charge < -0.3 is 5.73 Å². The molecule has 5 N–H and O–H groups in total. The van der Waals surface area contributed by atoms with Gasteiger partial charge in [-0.1, -0.05) is 0 Å². The Morgan fingerprint density at radius 3 is 2.43 bits per heavy atom. The Kier molecular flexibility index (Phi) is 3.76. The summed E-state index contributed by atoms with van der Waals surface area (Å²) in [5.74, 6) is 4.57. The van der Waals surface area contributed by atoms with Crippen LogP contribution < -0.4 is 17.0 Å². The molecule has 0 aliphatic rings. The number of rotatable bonds is 3. The largest absolute Gasteiger partial charge is 0.368 e. The van der Waals surface area contributed by atoms with Crippen LogP contribution in [0.5, 0.6) is 0 Å². The summed E-state index contributed by atoms with van der Waals surface area (Å²) in [6.45, 7) is 1.59. The number of nitrogens with two attached hydrogens (primary N) is 2. The number of non-ortho nitro benzene ring substituents is 1. The zero-order valence-electron chi connectivity index (χ0n) is 11.0. The van der Waals surface area contributed by atoms with Crippen molar-refractivity contribution in [3.63, 3.8) is 0 Å². The number of anilines is 1. The first kappa shape index (κ1) is 14.3. The van der Waals surface area contributed by atoms with Crippen molar-refractivity contribution >= 4 is 17.5 Å². The van der Waals surface area contributed by atoms with Crippen molar-refractivity contribution in [2.75, 3.05) is 5.73 Å². The summed E-state index contributed by atoms with van der Waals surface area (Å²) in [7, 11) is 0. The molecule has 21 heavy (non-hydrogen) atoms. The molecule has 1 aromatic carbocycles. The smallest absolute Gasteiger partial charge is 0.269 e. The highest BCUT2D eigenvalue weighted by Gasteiger charge is 2.19. The number of carbonyl (C=O) groups is 1. The second kappa shape index (κ2) is 5.51. The third-order valence-electron chi connectivity index (χ3n) is 2.82. The minimum atomic E-state index is -0.569. The van der Waals surface area contributed by atoms with Crippen LogP contribution in [0.3, 0.4) is 0 Å². The maximum Gasteiger partial charge on any atom is 0.269 e. The van der Waals surface area contributed by atoms with Crippen LogP contribution in [0.4, 0.5) is 11.6 Å². The normalized spacial score (nSPS) is 10.2. The first-order valence-electron chi connectivity index (χ1n) is 5.84. The Morgan fingerprint density at radius 1 is 1.29 bits per heavy atom. The van der Waals surface area contributed by atoms with Gasteiger partial charge in [-0.25, -0.2) is 15.8 Å². The van der Waals surface area contributed by atoms with E-state index in [2.05, 4.69) is 9.97 Å². The number of nitrogen functional groups attached to an aromatic ring is 2. The Labute approximate surface area is 119 Å². The molecule has 0 unspecified atom stereocenters. The minimum absolute atomic E-state index is 0.00516. The molecule has 1 amide bonds. The molecule has 0 spiro atoms. The molecule has 0 bridgehead atoms. The van der Waals surface area contributed by atoms with Gasteiger partial charge >= 0.3 is 0 Å². The lowest BCUT2D eigenvalue weighted by Crippen LogP contribution is -2.31. The molecule has 1 heterocycles. The van der Waals surface area contributed by atoms with Gasteiger partial charge in [0.2, 0.25) is 5.95 Å². The summed E-state index contributed by atoms with van der Waals surface area (Å²) < 4.78 is 0. The van der Waals surface area contributed by atoms with E-state index in [1.54, 1.807) is 6.92 Å². The standard InChI is InChI=1S/C12H12N6O3/c1-6-9(11(19)17-14)10(16-12(13)15-6)7-2-4-8(5-3-7)18(20)21/h2-5H,14H2,1H3,(H,17,19)(H2,13,15,16). The highest BCUT2D eigenvalue weighted by Crippen LogP contribution is 2.26. The summed E-state index contributed by atoms with van der Waals surface area (Å²) in [5, 5.41) is 10.7. The molecule has 2 rings (SSSR count). The van der Waals surface area contributed by atoms with E-state index in [1.807, 2.05) is 5.43 Å². The molecule has 0 aliphatic heterocycles. The van der Waals surface area contributed by atoms with Gasteiger partial charge in [0.1, 0.15) is 0 Å².